The van der Waals surface area contributed by atoms with Crippen LogP contribution in [0.4, 0.5) is 5.69 Å². The molecule has 2 N–H and O–H groups in total. The van der Waals surface area contributed by atoms with E-state index < -0.39 is 9.84 Å². The van der Waals surface area contributed by atoms with E-state index in [1.54, 1.807) is 12.1 Å². The third-order valence-corrected chi connectivity index (χ3v) is 8.59. The van der Waals surface area contributed by atoms with Gasteiger partial charge in [-0.2, -0.15) is 0 Å². The van der Waals surface area contributed by atoms with Crippen molar-refractivity contribution in [2.75, 3.05) is 38.3 Å². The van der Waals surface area contributed by atoms with Gasteiger partial charge in [0.05, 0.1) is 22.8 Å². The number of nitrogens with zero attached hydrogens (tertiary/aromatic N) is 3. The average molecular weight is 518 g/mol. The second-order valence-electron chi connectivity index (χ2n) is 9.63. The molecule has 1 atom stereocenters. The van der Waals surface area contributed by atoms with E-state index >= 15 is 0 Å². The molecule has 4 rings (SSSR count). The number of rotatable bonds is 6. The number of aromatic hydroxyl groups is 1. The Balaban J connectivity index is 1.83. The van der Waals surface area contributed by atoms with E-state index in [1.165, 1.54) is 12.5 Å². The number of hydrogen-bond donors (Lipinski definition) is 2. The summed E-state index contributed by atoms with van der Waals surface area (Å²) < 4.78 is 25.6. The average Bonchev–Trinajstić information content (AvgIpc) is 2.83. The number of pyridine rings is 1. The van der Waals surface area contributed by atoms with Crippen LogP contribution >= 0.6 is 11.6 Å². The van der Waals surface area contributed by atoms with E-state index in [0.717, 1.165) is 36.9 Å². The topological polar surface area (TPSA) is 94.0 Å². The molecule has 1 unspecified atom stereocenters. The van der Waals surface area contributed by atoms with Crippen molar-refractivity contribution in [1.82, 2.24) is 9.88 Å². The molecule has 188 valence electrons. The molecule has 0 amide bonds. The molecule has 1 aliphatic rings. The molecule has 2 heterocycles. The summed E-state index contributed by atoms with van der Waals surface area (Å²) in [6.45, 7) is 3.40. The summed E-state index contributed by atoms with van der Waals surface area (Å²) in [5.74, 6) is 0.401. The van der Waals surface area contributed by atoms with Gasteiger partial charge >= 0.3 is 0 Å². The van der Waals surface area contributed by atoms with E-state index in [1.807, 2.05) is 18.2 Å². The number of halogens is 1. The van der Waals surface area contributed by atoms with E-state index in [2.05, 4.69) is 35.8 Å². The number of aromatic nitrogens is 1. The second kappa shape index (κ2) is 9.93. The molecule has 0 saturated carbocycles. The van der Waals surface area contributed by atoms with Gasteiger partial charge in [0.25, 0.3) is 0 Å². The normalized spacial score (nSPS) is 16.3. The number of anilines is 1. The van der Waals surface area contributed by atoms with Gasteiger partial charge in [0, 0.05) is 42.5 Å². The molecule has 2 aromatic carbocycles. The molecule has 3 aromatic rings. The lowest BCUT2D eigenvalue weighted by Gasteiger charge is -2.39. The number of phenols is 1. The van der Waals surface area contributed by atoms with E-state index in [0.29, 0.717) is 34.3 Å². The zero-order valence-corrected chi connectivity index (χ0v) is 22.1. The Hall–Kier alpha value is -2.39. The Kier molecular flexibility index (Phi) is 7.29. The highest BCUT2D eigenvalue weighted by molar-refractivity contribution is 7.90. The number of piperidine rings is 1. The molecule has 9 heteroatoms. The first-order chi connectivity index (χ1) is 16.5. The van der Waals surface area contributed by atoms with Crippen molar-refractivity contribution in [2.24, 2.45) is 5.92 Å². The number of hydrogen-bond acceptors (Lipinski definition) is 7. The summed E-state index contributed by atoms with van der Waals surface area (Å²) in [7, 11) is 0.666. The molecule has 1 saturated heterocycles. The first-order valence-corrected chi connectivity index (χ1v) is 13.9. The van der Waals surface area contributed by atoms with Crippen LogP contribution in [0.15, 0.2) is 41.4 Å². The second-order valence-corrected chi connectivity index (χ2v) is 12.0. The molecule has 0 spiro atoms. The maximum Gasteiger partial charge on any atom is 0.179 e. The predicted octanol–water partition coefficient (Wildman–Crippen LogP) is 4.32. The van der Waals surface area contributed by atoms with Gasteiger partial charge in [-0.05, 0) is 75.2 Å². The van der Waals surface area contributed by atoms with Crippen molar-refractivity contribution in [3.63, 3.8) is 0 Å². The van der Waals surface area contributed by atoms with Crippen molar-refractivity contribution < 1.29 is 18.6 Å². The minimum Gasteiger partial charge on any atom is -0.506 e. The molecule has 0 aliphatic carbocycles. The Labute approximate surface area is 211 Å². The lowest BCUT2D eigenvalue weighted by molar-refractivity contribution is 0.199. The zero-order chi connectivity index (χ0) is 25.5. The van der Waals surface area contributed by atoms with Gasteiger partial charge in [0.2, 0.25) is 0 Å². The van der Waals surface area contributed by atoms with E-state index in [-0.39, 0.29) is 22.3 Å². The van der Waals surface area contributed by atoms with Crippen LogP contribution in [-0.2, 0) is 16.4 Å². The van der Waals surface area contributed by atoms with Crippen LogP contribution in [-0.4, -0.2) is 68.0 Å². The van der Waals surface area contributed by atoms with Crippen molar-refractivity contribution in [3.05, 3.63) is 47.1 Å². The fourth-order valence-corrected chi connectivity index (χ4v) is 5.98. The van der Waals surface area contributed by atoms with Crippen molar-refractivity contribution in [2.45, 2.75) is 37.3 Å². The minimum atomic E-state index is -3.52. The standard InChI is InChI=1S/C26H32ClN3O4S/c1-16(29(2)3)17-7-9-30(10-8-17)25-21-12-18(19-11-20(15-31)26(32)22(27)13-19)5-6-23(21)28-14-24(25)35(4,33)34/h5-6,11-14,16-17,31-32H,7-10,15H2,1-4H3. The summed E-state index contributed by atoms with van der Waals surface area (Å²) in [5, 5.41) is 20.6. The highest BCUT2D eigenvalue weighted by Crippen LogP contribution is 2.39. The third kappa shape index (κ3) is 5.11. The fraction of sp³-hybridized carbons (Fsp3) is 0.423. The summed E-state index contributed by atoms with van der Waals surface area (Å²) >= 11 is 6.20. The van der Waals surface area contributed by atoms with E-state index in [4.69, 9.17) is 11.6 Å². The first kappa shape index (κ1) is 25.7. The van der Waals surface area contributed by atoms with Gasteiger partial charge in [0.15, 0.2) is 9.84 Å². The lowest BCUT2D eigenvalue weighted by atomic mass is 9.89. The van der Waals surface area contributed by atoms with Gasteiger partial charge in [-0.25, -0.2) is 8.42 Å². The molecule has 1 aliphatic heterocycles. The van der Waals surface area contributed by atoms with E-state index in [9.17, 15) is 18.6 Å². The SMILES string of the molecule is CC(C1CCN(c2c(S(C)(=O)=O)cnc3ccc(-c4cc(Cl)c(O)c(CO)c4)cc23)CC1)N(C)C. The summed E-state index contributed by atoms with van der Waals surface area (Å²) in [6, 6.07) is 9.44. The van der Waals surface area contributed by atoms with Crippen LogP contribution in [0.5, 0.6) is 5.75 Å². The Morgan fingerprint density at radius 1 is 1.17 bits per heavy atom. The fourth-order valence-electron chi connectivity index (χ4n) is 4.91. The molecule has 1 fully saturated rings. The van der Waals surface area contributed by atoms with Crippen LogP contribution in [0.3, 0.4) is 0 Å². The highest BCUT2D eigenvalue weighted by Gasteiger charge is 2.29. The number of aliphatic hydroxyl groups excluding tert-OH is 1. The van der Waals surface area contributed by atoms with Crippen LogP contribution in [0, 0.1) is 5.92 Å². The molecular formula is C26H32ClN3O4S. The zero-order valence-electron chi connectivity index (χ0n) is 20.5. The highest BCUT2D eigenvalue weighted by atomic mass is 35.5. The Morgan fingerprint density at radius 2 is 1.86 bits per heavy atom. The molecule has 1 aromatic heterocycles. The van der Waals surface area contributed by atoms with Crippen molar-refractivity contribution >= 4 is 38.0 Å². The summed E-state index contributed by atoms with van der Waals surface area (Å²) in [6.07, 6.45) is 4.62. The van der Waals surface area contributed by atoms with Crippen molar-refractivity contribution in [3.8, 4) is 16.9 Å². The molecular weight excluding hydrogens is 486 g/mol. The van der Waals surface area contributed by atoms with Crippen LogP contribution in [0.25, 0.3) is 22.0 Å². The first-order valence-electron chi connectivity index (χ1n) is 11.7. The van der Waals surface area contributed by atoms with Gasteiger partial charge in [-0.15, -0.1) is 0 Å². The molecule has 0 radical (unpaired) electrons. The van der Waals surface area contributed by atoms with Gasteiger partial charge in [0.1, 0.15) is 10.6 Å². The number of fused-ring (bicyclic) bond motifs is 1. The maximum absolute atomic E-state index is 12.8. The Morgan fingerprint density at radius 3 is 2.46 bits per heavy atom. The minimum absolute atomic E-state index is 0.143. The number of sulfone groups is 1. The number of aliphatic hydroxyl groups is 1. The molecule has 35 heavy (non-hydrogen) atoms. The molecule has 7 nitrogen and oxygen atoms in total. The number of benzene rings is 2. The van der Waals surface area contributed by atoms with Gasteiger partial charge in [-0.3, -0.25) is 4.98 Å². The summed E-state index contributed by atoms with van der Waals surface area (Å²) in [5.41, 5.74) is 3.22. The monoisotopic (exact) mass is 517 g/mol. The van der Waals surface area contributed by atoms with Crippen LogP contribution in [0.2, 0.25) is 5.02 Å². The van der Waals surface area contributed by atoms with Gasteiger partial charge < -0.3 is 20.0 Å². The predicted molar refractivity (Wildman–Crippen MR) is 141 cm³/mol. The van der Waals surface area contributed by atoms with Gasteiger partial charge in [-0.1, -0.05) is 17.7 Å². The third-order valence-electron chi connectivity index (χ3n) is 7.20. The molecule has 0 bridgehead atoms. The smallest absolute Gasteiger partial charge is 0.179 e. The maximum atomic E-state index is 12.8. The lowest BCUT2D eigenvalue weighted by Crippen LogP contribution is -2.42. The van der Waals surface area contributed by atoms with Crippen molar-refractivity contribution in [1.29, 1.82) is 0 Å². The van der Waals surface area contributed by atoms with Crippen LogP contribution in [0.1, 0.15) is 25.3 Å². The van der Waals surface area contributed by atoms with Crippen LogP contribution < -0.4 is 4.90 Å². The largest absolute Gasteiger partial charge is 0.506 e. The summed E-state index contributed by atoms with van der Waals surface area (Å²) in [4.78, 5) is 9.08. The quantitative estimate of drug-likeness (QED) is 0.502. The Bertz CT molecular complexity index is 1350.